The van der Waals surface area contributed by atoms with E-state index in [4.69, 9.17) is 0 Å². The largest absolute Gasteiger partial charge is 0.354 e. The third-order valence-electron chi connectivity index (χ3n) is 19.9. The van der Waals surface area contributed by atoms with E-state index >= 15 is 0 Å². The van der Waals surface area contributed by atoms with Gasteiger partial charge < -0.3 is 52.3 Å². The number of ketones is 1. The van der Waals surface area contributed by atoms with Gasteiger partial charge in [0.05, 0.1) is 6.04 Å². The normalized spacial score (nSPS) is 22.3. The first kappa shape index (κ1) is 70.6. The predicted octanol–water partition coefficient (Wildman–Crippen LogP) is 8.81. The Morgan fingerprint density at radius 3 is 1.36 bits per heavy atom. The molecule has 4 aliphatic rings. The lowest BCUT2D eigenvalue weighted by atomic mass is 9.89. The average molecular weight is 1260 g/mol. The molecular formula is C74H104N10O8. The number of nitrogens with zero attached hydrogens (tertiary/aromatic N) is 2. The van der Waals surface area contributed by atoms with Crippen molar-refractivity contribution >= 4 is 47.1 Å². The van der Waals surface area contributed by atoms with Crippen molar-refractivity contribution in [3.05, 3.63) is 144 Å². The third kappa shape index (κ3) is 19.6. The van der Waals surface area contributed by atoms with Gasteiger partial charge in [0, 0.05) is 44.1 Å². The zero-order chi connectivity index (χ0) is 65.2. The van der Waals surface area contributed by atoms with Gasteiger partial charge in [0.2, 0.25) is 41.4 Å². The van der Waals surface area contributed by atoms with Crippen molar-refractivity contribution in [3.8, 4) is 0 Å². The lowest BCUT2D eigenvalue weighted by Gasteiger charge is -2.33. The minimum atomic E-state index is -0.975. The number of fused-ring (bicyclic) bond motifs is 2. The Morgan fingerprint density at radius 1 is 0.467 bits per heavy atom. The Bertz CT molecular complexity index is 2770. The molecule has 0 unspecified atom stereocenters. The fourth-order valence-corrected chi connectivity index (χ4v) is 14.5. The predicted molar refractivity (Wildman–Crippen MR) is 359 cm³/mol. The Labute approximate surface area is 546 Å². The summed E-state index contributed by atoms with van der Waals surface area (Å²) in [5, 5.41) is 25.7. The number of carbonyl (C=O) groups is 8. The smallest absolute Gasteiger partial charge is 0.247 e. The Balaban J connectivity index is 0.793. The van der Waals surface area contributed by atoms with Crippen LogP contribution in [0.2, 0.25) is 0 Å². The van der Waals surface area contributed by atoms with Gasteiger partial charge in [-0.3, -0.25) is 38.4 Å². The summed E-state index contributed by atoms with van der Waals surface area (Å²) < 4.78 is 0. The maximum absolute atomic E-state index is 14.8. The summed E-state index contributed by atoms with van der Waals surface area (Å²) in [6.45, 7) is 9.04. The van der Waals surface area contributed by atoms with Crippen LogP contribution in [0.15, 0.2) is 121 Å². The number of hydrogen-bond acceptors (Lipinski definition) is 11. The van der Waals surface area contributed by atoms with E-state index < -0.39 is 42.3 Å². The number of hydrogen-bond donors (Lipinski definition) is 8. The molecule has 11 atom stereocenters. The maximum Gasteiger partial charge on any atom is 0.247 e. The van der Waals surface area contributed by atoms with E-state index in [1.165, 1.54) is 11.1 Å². The summed E-state index contributed by atoms with van der Waals surface area (Å²) in [7, 11) is 1.74. The van der Waals surface area contributed by atoms with Crippen LogP contribution in [0.25, 0.3) is 0 Å². The fraction of sp³-hybridized carbons (Fsp3) is 0.568. The lowest BCUT2D eigenvalue weighted by Crippen LogP contribution is -2.58. The maximum atomic E-state index is 14.8. The zero-order valence-corrected chi connectivity index (χ0v) is 55.0. The third-order valence-corrected chi connectivity index (χ3v) is 19.9. The van der Waals surface area contributed by atoms with Crippen LogP contribution in [-0.4, -0.2) is 126 Å². The zero-order valence-electron chi connectivity index (χ0n) is 55.0. The molecule has 8 rings (SSSR count). The van der Waals surface area contributed by atoms with E-state index in [-0.39, 0.29) is 83.4 Å². The van der Waals surface area contributed by atoms with E-state index in [0.717, 1.165) is 64.2 Å². The molecule has 4 saturated heterocycles. The van der Waals surface area contributed by atoms with Crippen LogP contribution in [0.3, 0.4) is 0 Å². The minimum Gasteiger partial charge on any atom is -0.354 e. The van der Waals surface area contributed by atoms with Crippen LogP contribution in [0.1, 0.15) is 190 Å². The first-order valence-electron chi connectivity index (χ1n) is 34.8. The second kappa shape index (κ2) is 36.8. The highest BCUT2D eigenvalue weighted by molar-refractivity contribution is 5.97. The highest BCUT2D eigenvalue weighted by atomic mass is 16.2. The molecule has 0 aliphatic carbocycles. The first-order chi connectivity index (χ1) is 44.8. The summed E-state index contributed by atoms with van der Waals surface area (Å²) >= 11 is 0. The molecule has 18 heteroatoms. The van der Waals surface area contributed by atoms with Gasteiger partial charge in [-0.1, -0.05) is 174 Å². The van der Waals surface area contributed by atoms with Crippen molar-refractivity contribution in [2.75, 3.05) is 26.7 Å². The van der Waals surface area contributed by atoms with Crippen LogP contribution in [0.5, 0.6) is 0 Å². The number of benzene rings is 4. The second-order valence-electron chi connectivity index (χ2n) is 26.0. The molecule has 4 fully saturated rings. The van der Waals surface area contributed by atoms with Crippen molar-refractivity contribution in [1.29, 1.82) is 0 Å². The van der Waals surface area contributed by atoms with Gasteiger partial charge in [0.25, 0.3) is 0 Å². The van der Waals surface area contributed by atoms with Gasteiger partial charge >= 0.3 is 0 Å². The van der Waals surface area contributed by atoms with Crippen molar-refractivity contribution in [3.63, 3.8) is 0 Å². The van der Waals surface area contributed by atoms with Crippen molar-refractivity contribution in [2.45, 2.75) is 223 Å². The van der Waals surface area contributed by atoms with E-state index in [9.17, 15) is 38.4 Å². The van der Waals surface area contributed by atoms with E-state index in [1.54, 1.807) is 16.8 Å². The molecule has 7 amide bonds. The molecule has 0 bridgehead atoms. The summed E-state index contributed by atoms with van der Waals surface area (Å²) in [5.74, 6) is -2.44. The number of likely N-dealkylation sites (N-methyl/N-ethyl adjacent to an activating group) is 1. The highest BCUT2D eigenvalue weighted by Crippen LogP contribution is 2.38. The van der Waals surface area contributed by atoms with Crippen LogP contribution in [-0.2, 0) is 51.4 Å². The Morgan fingerprint density at radius 2 is 0.891 bits per heavy atom. The first-order valence-corrected chi connectivity index (χ1v) is 34.8. The van der Waals surface area contributed by atoms with Crippen molar-refractivity contribution < 1.29 is 38.4 Å². The summed E-state index contributed by atoms with van der Waals surface area (Å²) in [6, 6.07) is 33.1. The second-order valence-corrected chi connectivity index (χ2v) is 26.0. The van der Waals surface area contributed by atoms with Gasteiger partial charge in [0.15, 0.2) is 5.78 Å². The van der Waals surface area contributed by atoms with Crippen LogP contribution in [0.4, 0.5) is 0 Å². The van der Waals surface area contributed by atoms with Crippen molar-refractivity contribution in [1.82, 2.24) is 52.3 Å². The minimum absolute atomic E-state index is 0.0883. The van der Waals surface area contributed by atoms with E-state index in [2.05, 4.69) is 66.8 Å². The lowest BCUT2D eigenvalue weighted by molar-refractivity contribution is -0.144. The molecule has 8 N–H and O–H groups in total. The summed E-state index contributed by atoms with van der Waals surface area (Å²) in [4.78, 5) is 118. The van der Waals surface area contributed by atoms with Crippen LogP contribution < -0.4 is 42.5 Å². The van der Waals surface area contributed by atoms with Gasteiger partial charge in [-0.05, 0) is 151 Å². The molecule has 92 heavy (non-hydrogen) atoms. The summed E-state index contributed by atoms with van der Waals surface area (Å²) in [6.07, 6.45) is 14.6. The monoisotopic (exact) mass is 1260 g/mol. The van der Waals surface area contributed by atoms with Crippen LogP contribution in [0, 0.1) is 17.8 Å². The van der Waals surface area contributed by atoms with Gasteiger partial charge in [-0.2, -0.15) is 0 Å². The molecule has 0 spiro atoms. The Kier molecular flexibility index (Phi) is 28.3. The van der Waals surface area contributed by atoms with Gasteiger partial charge in [-0.25, -0.2) is 0 Å². The SMILES string of the molecule is CCC(CC)C(=O)N[C@@H]1C(=O)N2[C@@H](CC[C@@H]1CCNCc1ccccc1)CC[C@H]2C(=O)N[C@H](C(=O)NCCCCCCCCCC(=O)[C@@H](NC(=O)[C@@H]1CC[C@@H]2CC[C@H](CCNCc3ccccc3)[C@H](NC(=O)[C@H](CC)NC)C(=O)N21)c1ccccc1)c1ccccc1. The number of carbonyl (C=O) groups excluding carboxylic acids is 8. The number of Topliss-reactive ketones (excluding diaryl/α,β-unsaturated/α-hetero) is 1. The number of nitrogens with one attached hydrogen (secondary N) is 8. The molecule has 498 valence electrons. The molecule has 0 radical (unpaired) electrons. The molecular weight excluding hydrogens is 1160 g/mol. The highest BCUT2D eigenvalue weighted by Gasteiger charge is 2.50. The molecule has 4 aliphatic heterocycles. The standard InChI is InChI=1S/C74H104N10O8/c1-5-53(6-2)68(86)81-66-56(44-47-76-49-51-27-17-13-18-28-51)36-38-59-41-43-62(84(59)73(66)91)71(89)80-65(55-33-23-16-24-34-55)72(90)78-46-26-12-10-8-9-11-25-35-63(85)64(54-31-21-15-22-32-54)79-70(88)61-42-40-58-39-37-57(45-48-77-50-52-29-19-14-20-30-52)67(74(92)83(58)61)82-69(87)60(7-3)75-4/h13-24,27-34,53,56-62,64-67,75-77H,5-12,25-26,35-50H2,1-4H3,(H,78,90)(H,79,88)(H,80,89)(H,81,86)(H,82,87)/t56-,57-,58+,59+,60+,61+,62+,64+,65+,66+,67+/m1/s1. The molecule has 4 heterocycles. The summed E-state index contributed by atoms with van der Waals surface area (Å²) in [5.41, 5.74) is 3.67. The van der Waals surface area contributed by atoms with Crippen molar-refractivity contribution in [2.24, 2.45) is 17.8 Å². The number of amides is 7. The number of unbranched alkanes of at least 4 members (excludes halogenated alkanes) is 6. The molecule has 4 aromatic carbocycles. The molecule has 0 saturated carbocycles. The molecule has 4 aromatic rings. The Hall–Kier alpha value is -7.28. The van der Waals surface area contributed by atoms with Gasteiger partial charge in [0.1, 0.15) is 36.3 Å². The molecule has 0 aromatic heterocycles. The van der Waals surface area contributed by atoms with Crippen LogP contribution >= 0.6 is 0 Å². The van der Waals surface area contributed by atoms with E-state index in [0.29, 0.717) is 108 Å². The van der Waals surface area contributed by atoms with E-state index in [1.807, 2.05) is 118 Å². The quantitative estimate of drug-likeness (QED) is 0.0200. The van der Waals surface area contributed by atoms with Gasteiger partial charge in [-0.15, -0.1) is 0 Å². The average Bonchev–Trinajstić information content (AvgIpc) is 1.64. The number of rotatable bonds is 36. The molecule has 18 nitrogen and oxygen atoms in total. The topological polar surface area (TPSA) is 239 Å². The fourth-order valence-electron chi connectivity index (χ4n) is 14.5.